The van der Waals surface area contributed by atoms with Crippen molar-refractivity contribution < 1.29 is 14.4 Å². The van der Waals surface area contributed by atoms with Crippen LogP contribution in [0.25, 0.3) is 0 Å². The molecular formula is C21H27NO4. The molecule has 140 valence electrons. The Kier molecular flexibility index (Phi) is 7.93. The molecule has 0 N–H and O–H groups in total. The maximum absolute atomic E-state index is 11.4. The molecule has 5 heteroatoms. The number of hydrogen-bond acceptors (Lipinski definition) is 4. The van der Waals surface area contributed by atoms with Gasteiger partial charge in [0.1, 0.15) is 12.4 Å². The molecule has 0 fully saturated rings. The van der Waals surface area contributed by atoms with Gasteiger partial charge in [0, 0.05) is 0 Å². The van der Waals surface area contributed by atoms with Crippen LogP contribution in [0.2, 0.25) is 0 Å². The van der Waals surface area contributed by atoms with E-state index < -0.39 is 4.92 Å². The van der Waals surface area contributed by atoms with Crippen molar-refractivity contribution in [3.63, 3.8) is 0 Å². The van der Waals surface area contributed by atoms with Crippen LogP contribution in [-0.4, -0.2) is 11.0 Å². The predicted molar refractivity (Wildman–Crippen MR) is 103 cm³/mol. The van der Waals surface area contributed by atoms with E-state index in [4.69, 9.17) is 9.47 Å². The van der Waals surface area contributed by atoms with Crippen molar-refractivity contribution in [2.45, 2.75) is 58.7 Å². The predicted octanol–water partition coefficient (Wildman–Crippen LogP) is 5.91. The van der Waals surface area contributed by atoms with Crippen LogP contribution < -0.4 is 9.47 Å². The minimum absolute atomic E-state index is 0.0301. The maximum Gasteiger partial charge on any atom is 0.314 e. The average molecular weight is 357 g/mol. The van der Waals surface area contributed by atoms with Gasteiger partial charge in [-0.25, -0.2) is 0 Å². The molecule has 1 atom stereocenters. The van der Waals surface area contributed by atoms with E-state index in [2.05, 4.69) is 6.92 Å². The van der Waals surface area contributed by atoms with Gasteiger partial charge in [-0.3, -0.25) is 10.1 Å². The summed E-state index contributed by atoms with van der Waals surface area (Å²) in [4.78, 5) is 11.0. The molecule has 5 nitrogen and oxygen atoms in total. The molecule has 0 aliphatic carbocycles. The summed E-state index contributed by atoms with van der Waals surface area (Å²) in [6.07, 6.45) is 5.70. The maximum atomic E-state index is 11.4. The highest BCUT2D eigenvalue weighted by atomic mass is 16.6. The number of nitrogens with zero attached hydrogens (tertiary/aromatic N) is 1. The molecule has 0 heterocycles. The Bertz CT molecular complexity index is 688. The fourth-order valence-corrected chi connectivity index (χ4v) is 2.72. The highest BCUT2D eigenvalue weighted by Crippen LogP contribution is 2.32. The molecule has 2 rings (SSSR count). The van der Waals surface area contributed by atoms with Gasteiger partial charge < -0.3 is 9.47 Å². The van der Waals surface area contributed by atoms with Crippen LogP contribution in [0.4, 0.5) is 5.69 Å². The molecule has 0 radical (unpaired) electrons. The van der Waals surface area contributed by atoms with E-state index in [1.54, 1.807) is 12.1 Å². The zero-order chi connectivity index (χ0) is 18.8. The smallest absolute Gasteiger partial charge is 0.314 e. The first kappa shape index (κ1) is 19.8. The minimum atomic E-state index is -0.431. The monoisotopic (exact) mass is 357 g/mol. The second kappa shape index (κ2) is 10.4. The van der Waals surface area contributed by atoms with Gasteiger partial charge in [-0.2, -0.15) is 0 Å². The number of nitro benzene ring substituents is 1. The van der Waals surface area contributed by atoms with E-state index in [-0.39, 0.29) is 24.1 Å². The summed E-state index contributed by atoms with van der Waals surface area (Å²) in [7, 11) is 0. The van der Waals surface area contributed by atoms with Gasteiger partial charge in [-0.1, -0.05) is 56.5 Å². The molecular weight excluding hydrogens is 330 g/mol. The quantitative estimate of drug-likeness (QED) is 0.285. The number of hydrogen-bond donors (Lipinski definition) is 0. The summed E-state index contributed by atoms with van der Waals surface area (Å²) < 4.78 is 11.5. The second-order valence-corrected chi connectivity index (χ2v) is 6.44. The molecule has 0 amide bonds. The van der Waals surface area contributed by atoms with Crippen molar-refractivity contribution in [2.24, 2.45) is 0 Å². The summed E-state index contributed by atoms with van der Waals surface area (Å²) >= 11 is 0. The van der Waals surface area contributed by atoms with Gasteiger partial charge in [-0.05, 0) is 37.5 Å². The summed E-state index contributed by atoms with van der Waals surface area (Å²) in [6, 6.07) is 14.4. The van der Waals surface area contributed by atoms with Gasteiger partial charge in [0.25, 0.3) is 0 Å². The summed E-state index contributed by atoms with van der Waals surface area (Å²) in [6.45, 7) is 4.47. The lowest BCUT2D eigenvalue weighted by Crippen LogP contribution is -2.11. The lowest BCUT2D eigenvalue weighted by molar-refractivity contribution is -0.386. The first-order valence-corrected chi connectivity index (χ1v) is 9.22. The van der Waals surface area contributed by atoms with Crippen molar-refractivity contribution in [3.8, 4) is 11.5 Å². The Morgan fingerprint density at radius 1 is 1.08 bits per heavy atom. The zero-order valence-corrected chi connectivity index (χ0v) is 15.5. The summed E-state index contributed by atoms with van der Waals surface area (Å²) in [5.41, 5.74) is 0.888. The third-order valence-corrected chi connectivity index (χ3v) is 4.17. The van der Waals surface area contributed by atoms with Crippen molar-refractivity contribution >= 4 is 5.69 Å². The largest absolute Gasteiger partial charge is 0.490 e. The topological polar surface area (TPSA) is 61.6 Å². The Hall–Kier alpha value is -2.56. The van der Waals surface area contributed by atoms with Crippen LogP contribution in [0.15, 0.2) is 48.5 Å². The summed E-state index contributed by atoms with van der Waals surface area (Å²) in [5, 5.41) is 11.4. The molecule has 0 saturated heterocycles. The first-order chi connectivity index (χ1) is 12.6. The highest BCUT2D eigenvalue weighted by Gasteiger charge is 2.18. The Balaban J connectivity index is 1.97. The van der Waals surface area contributed by atoms with Crippen molar-refractivity contribution in [2.75, 3.05) is 0 Å². The fraction of sp³-hybridized carbons (Fsp3) is 0.429. The molecule has 0 aliphatic heterocycles. The van der Waals surface area contributed by atoms with Crippen molar-refractivity contribution in [1.82, 2.24) is 0 Å². The second-order valence-electron chi connectivity index (χ2n) is 6.44. The van der Waals surface area contributed by atoms with Crippen LogP contribution in [0.1, 0.15) is 51.5 Å². The molecule has 2 aromatic rings. The van der Waals surface area contributed by atoms with Crippen LogP contribution in [-0.2, 0) is 6.61 Å². The minimum Gasteiger partial charge on any atom is -0.490 e. The third kappa shape index (κ3) is 6.39. The van der Waals surface area contributed by atoms with Crippen LogP contribution in [0, 0.1) is 10.1 Å². The van der Waals surface area contributed by atoms with E-state index in [0.717, 1.165) is 18.4 Å². The van der Waals surface area contributed by atoms with Gasteiger partial charge in [0.2, 0.25) is 0 Å². The van der Waals surface area contributed by atoms with E-state index >= 15 is 0 Å². The van der Waals surface area contributed by atoms with Crippen LogP contribution in [0.5, 0.6) is 11.5 Å². The normalized spacial score (nSPS) is 11.8. The zero-order valence-electron chi connectivity index (χ0n) is 15.5. The molecule has 0 spiro atoms. The Morgan fingerprint density at radius 3 is 2.54 bits per heavy atom. The molecule has 0 aromatic heterocycles. The van der Waals surface area contributed by atoms with Gasteiger partial charge in [0.05, 0.1) is 17.1 Å². The first-order valence-electron chi connectivity index (χ1n) is 9.22. The van der Waals surface area contributed by atoms with E-state index in [1.807, 2.05) is 37.3 Å². The molecule has 0 bridgehead atoms. The lowest BCUT2D eigenvalue weighted by Gasteiger charge is -2.15. The summed E-state index contributed by atoms with van der Waals surface area (Å²) in [5.74, 6) is 0.758. The number of unbranched alkanes of at least 4 members (excludes halogenated alkanes) is 3. The number of nitro groups is 1. The van der Waals surface area contributed by atoms with Gasteiger partial charge in [-0.15, -0.1) is 0 Å². The van der Waals surface area contributed by atoms with Crippen molar-refractivity contribution in [1.29, 1.82) is 0 Å². The molecule has 26 heavy (non-hydrogen) atoms. The van der Waals surface area contributed by atoms with Crippen LogP contribution in [0.3, 0.4) is 0 Å². The molecule has 0 saturated carbocycles. The Labute approximate surface area is 155 Å². The van der Waals surface area contributed by atoms with Gasteiger partial charge >= 0.3 is 5.69 Å². The number of benzene rings is 2. The van der Waals surface area contributed by atoms with Crippen molar-refractivity contribution in [3.05, 3.63) is 64.2 Å². The molecule has 0 aliphatic rings. The van der Waals surface area contributed by atoms with Gasteiger partial charge in [0.15, 0.2) is 5.75 Å². The SMILES string of the molecule is CCCCCCC(C)Oc1ccc(OCc2ccccc2)c([N+](=O)[O-])c1. The average Bonchev–Trinajstić information content (AvgIpc) is 2.65. The Morgan fingerprint density at radius 2 is 1.85 bits per heavy atom. The number of rotatable bonds is 11. The van der Waals surface area contributed by atoms with E-state index in [9.17, 15) is 10.1 Å². The van der Waals surface area contributed by atoms with E-state index in [1.165, 1.54) is 25.3 Å². The standard InChI is InChI=1S/C21H27NO4/c1-3-4-5-7-10-17(2)26-19-13-14-21(20(15-19)22(23)24)25-16-18-11-8-6-9-12-18/h6,8-9,11-15,17H,3-5,7,10,16H2,1-2H3. The fourth-order valence-electron chi connectivity index (χ4n) is 2.72. The van der Waals surface area contributed by atoms with Crippen LogP contribution >= 0.6 is 0 Å². The molecule has 2 aromatic carbocycles. The highest BCUT2D eigenvalue weighted by molar-refractivity contribution is 5.51. The third-order valence-electron chi connectivity index (χ3n) is 4.17. The molecule has 1 unspecified atom stereocenters. The van der Waals surface area contributed by atoms with E-state index in [0.29, 0.717) is 5.75 Å². The lowest BCUT2D eigenvalue weighted by atomic mass is 10.1. The number of ether oxygens (including phenoxy) is 2.